The average molecular weight is 589 g/mol. The van der Waals surface area contributed by atoms with E-state index < -0.39 is 36.2 Å². The number of aliphatic hydroxyl groups is 2. The number of nitrogens with zero attached hydrogens (tertiary/aromatic N) is 4. The summed E-state index contributed by atoms with van der Waals surface area (Å²) in [5.41, 5.74) is 0.792. The monoisotopic (exact) mass is 588 g/mol. The highest BCUT2D eigenvalue weighted by molar-refractivity contribution is 8.03. The standard InChI is InChI=1S/C27H32N4O7S2/c1-5-7-37-26(35)22-24(14(3)21-20(15(4)32)25(34)31(21)22)40-16-9-17(29(11-16)27(36)38-8-6-2)23(33)18-12-39-19-10-28-13-30(18)19/h5-6,10,12-17,20-21,23,32-33H,1-2,7-9,11H2,3-4H3/t14-,15-,16+,17+,20-,21-,23?/m1/s1. The number of likely N-dealkylation sites (tertiary alicyclic amines) is 1. The van der Waals surface area contributed by atoms with Gasteiger partial charge in [-0.05, 0) is 13.3 Å². The van der Waals surface area contributed by atoms with Crippen molar-refractivity contribution in [2.75, 3.05) is 19.8 Å². The van der Waals surface area contributed by atoms with Gasteiger partial charge in [-0.15, -0.1) is 23.1 Å². The number of rotatable bonds is 10. The first-order valence-corrected chi connectivity index (χ1v) is 14.8. The highest BCUT2D eigenvalue weighted by atomic mass is 32.2. The molecule has 0 spiro atoms. The number of fused-ring (bicyclic) bond motifs is 2. The Hall–Kier alpha value is -3.13. The Bertz CT molecular complexity index is 1370. The number of amides is 2. The summed E-state index contributed by atoms with van der Waals surface area (Å²) in [6.45, 7) is 11.0. The summed E-state index contributed by atoms with van der Waals surface area (Å²) >= 11 is 2.85. The average Bonchev–Trinajstić information content (AvgIpc) is 3.69. The quantitative estimate of drug-likeness (QED) is 0.244. The van der Waals surface area contributed by atoms with Gasteiger partial charge in [-0.1, -0.05) is 32.2 Å². The third kappa shape index (κ3) is 4.74. The van der Waals surface area contributed by atoms with E-state index in [1.54, 1.807) is 23.8 Å². The van der Waals surface area contributed by atoms with Gasteiger partial charge in [0.1, 0.15) is 36.2 Å². The van der Waals surface area contributed by atoms with Gasteiger partial charge in [0.15, 0.2) is 0 Å². The maximum Gasteiger partial charge on any atom is 0.410 e. The number of imidazole rings is 1. The smallest absolute Gasteiger partial charge is 0.410 e. The molecule has 0 saturated carbocycles. The van der Waals surface area contributed by atoms with Crippen molar-refractivity contribution >= 4 is 45.9 Å². The third-order valence-electron chi connectivity index (χ3n) is 7.64. The van der Waals surface area contributed by atoms with Crippen LogP contribution in [0, 0.1) is 11.8 Å². The van der Waals surface area contributed by atoms with Crippen molar-refractivity contribution < 1.29 is 34.1 Å². The molecule has 0 bridgehead atoms. The molecule has 5 rings (SSSR count). The summed E-state index contributed by atoms with van der Waals surface area (Å²) in [7, 11) is 0. The maximum absolute atomic E-state index is 13.1. The summed E-state index contributed by atoms with van der Waals surface area (Å²) in [6.07, 6.45) is 4.21. The van der Waals surface area contributed by atoms with Crippen LogP contribution in [0.4, 0.5) is 4.79 Å². The molecule has 11 nitrogen and oxygen atoms in total. The van der Waals surface area contributed by atoms with E-state index in [1.807, 2.05) is 12.3 Å². The number of β-lactam (4-membered cyclic amide) rings is 1. The predicted octanol–water partition coefficient (Wildman–Crippen LogP) is 2.73. The van der Waals surface area contributed by atoms with Crippen LogP contribution in [-0.2, 0) is 19.1 Å². The Morgan fingerprint density at radius 3 is 2.70 bits per heavy atom. The molecule has 0 aromatic carbocycles. The number of esters is 1. The second-order valence-corrected chi connectivity index (χ2v) is 12.4. The number of carbonyl (C=O) groups is 3. The van der Waals surface area contributed by atoms with Crippen molar-refractivity contribution in [2.24, 2.45) is 11.8 Å². The molecular formula is C27H32N4O7S2. The molecular weight excluding hydrogens is 556 g/mol. The van der Waals surface area contributed by atoms with Crippen LogP contribution in [0.15, 0.2) is 53.8 Å². The van der Waals surface area contributed by atoms with Crippen LogP contribution in [0.1, 0.15) is 32.1 Å². The molecule has 214 valence electrons. The number of thioether (sulfide) groups is 1. The number of hydrogen-bond donors (Lipinski definition) is 2. The molecule has 5 heterocycles. The Kier molecular flexibility index (Phi) is 8.09. The SMILES string of the molecule is C=CCOC(=O)C1=C(S[C@H]2C[C@@H](C(O)c3csc4cncn34)N(C(=O)OCC=C)C2)[C@H](C)[C@@H]2[C@@H]([C@@H](C)O)C(=O)N12. The van der Waals surface area contributed by atoms with Gasteiger partial charge in [-0.2, -0.15) is 0 Å². The fourth-order valence-electron chi connectivity index (χ4n) is 5.84. The molecule has 2 N–H and O–H groups in total. The van der Waals surface area contributed by atoms with Crippen LogP contribution < -0.4 is 0 Å². The normalized spacial score (nSPS) is 27.4. The van der Waals surface area contributed by atoms with E-state index in [2.05, 4.69) is 18.1 Å². The van der Waals surface area contributed by atoms with Crippen LogP contribution in [0.25, 0.3) is 4.83 Å². The van der Waals surface area contributed by atoms with Crippen LogP contribution in [0.2, 0.25) is 0 Å². The van der Waals surface area contributed by atoms with Gasteiger partial charge in [-0.25, -0.2) is 14.6 Å². The first-order valence-electron chi connectivity index (χ1n) is 13.0. The van der Waals surface area contributed by atoms with Crippen molar-refractivity contribution in [1.29, 1.82) is 0 Å². The molecule has 13 heteroatoms. The first kappa shape index (κ1) is 28.4. The van der Waals surface area contributed by atoms with Gasteiger partial charge in [0.25, 0.3) is 0 Å². The number of thiazole rings is 1. The van der Waals surface area contributed by atoms with Crippen molar-refractivity contribution in [3.63, 3.8) is 0 Å². The zero-order valence-corrected chi connectivity index (χ0v) is 23.8. The second-order valence-electron chi connectivity index (χ2n) is 10.1. The minimum atomic E-state index is -1.02. The molecule has 7 atom stereocenters. The lowest BCUT2D eigenvalue weighted by atomic mass is 9.79. The third-order valence-corrected chi connectivity index (χ3v) is 10.0. The van der Waals surface area contributed by atoms with Gasteiger partial charge in [-0.3, -0.25) is 9.20 Å². The Balaban J connectivity index is 1.44. The van der Waals surface area contributed by atoms with Crippen molar-refractivity contribution in [2.45, 2.75) is 49.8 Å². The number of carbonyl (C=O) groups excluding carboxylic acids is 3. The van der Waals surface area contributed by atoms with E-state index in [9.17, 15) is 24.6 Å². The topological polar surface area (TPSA) is 134 Å². The number of aromatic nitrogens is 2. The number of hydrogen-bond acceptors (Lipinski definition) is 10. The van der Waals surface area contributed by atoms with Gasteiger partial charge >= 0.3 is 12.1 Å². The van der Waals surface area contributed by atoms with Gasteiger partial charge in [0.2, 0.25) is 5.91 Å². The van der Waals surface area contributed by atoms with Crippen molar-refractivity contribution in [3.05, 3.63) is 59.5 Å². The van der Waals surface area contributed by atoms with Crippen LogP contribution in [0.5, 0.6) is 0 Å². The van der Waals surface area contributed by atoms with Gasteiger partial charge in [0, 0.05) is 28.0 Å². The van der Waals surface area contributed by atoms with Crippen LogP contribution >= 0.6 is 23.1 Å². The molecule has 1 unspecified atom stereocenters. The van der Waals surface area contributed by atoms with E-state index in [4.69, 9.17) is 9.47 Å². The number of aliphatic hydroxyl groups excluding tert-OH is 2. The zero-order valence-electron chi connectivity index (χ0n) is 22.2. The lowest BCUT2D eigenvalue weighted by Crippen LogP contribution is -2.63. The van der Waals surface area contributed by atoms with Crippen LogP contribution in [-0.4, -0.2) is 90.6 Å². The molecule has 2 aromatic rings. The van der Waals surface area contributed by atoms with Crippen LogP contribution in [0.3, 0.4) is 0 Å². The van der Waals surface area contributed by atoms with E-state index in [0.717, 1.165) is 4.83 Å². The summed E-state index contributed by atoms with van der Waals surface area (Å²) in [5, 5.41) is 23.4. The fourth-order valence-corrected chi connectivity index (χ4v) is 8.25. The molecule has 3 aliphatic rings. The molecule has 40 heavy (non-hydrogen) atoms. The lowest BCUT2D eigenvalue weighted by molar-refractivity contribution is -0.164. The minimum absolute atomic E-state index is 0.00876. The molecule has 2 amide bonds. The summed E-state index contributed by atoms with van der Waals surface area (Å²) in [4.78, 5) is 47.8. The van der Waals surface area contributed by atoms with E-state index in [0.29, 0.717) is 17.0 Å². The molecule has 3 aliphatic heterocycles. The minimum Gasteiger partial charge on any atom is -0.457 e. The largest absolute Gasteiger partial charge is 0.457 e. The van der Waals surface area contributed by atoms with E-state index in [-0.39, 0.29) is 48.6 Å². The molecule has 2 aromatic heterocycles. The lowest BCUT2D eigenvalue weighted by Gasteiger charge is -2.46. The molecule has 2 fully saturated rings. The highest BCUT2D eigenvalue weighted by Crippen LogP contribution is 2.53. The first-order chi connectivity index (χ1) is 19.2. The van der Waals surface area contributed by atoms with Gasteiger partial charge in [0.05, 0.1) is 36.0 Å². The Labute approximate surface area is 239 Å². The summed E-state index contributed by atoms with van der Waals surface area (Å²) in [5.74, 6) is -1.80. The van der Waals surface area contributed by atoms with E-state index in [1.165, 1.54) is 45.1 Å². The molecule has 0 aliphatic carbocycles. The summed E-state index contributed by atoms with van der Waals surface area (Å²) in [6, 6.07) is -0.967. The van der Waals surface area contributed by atoms with Gasteiger partial charge < -0.3 is 29.5 Å². The zero-order chi connectivity index (χ0) is 28.7. The van der Waals surface area contributed by atoms with Crippen molar-refractivity contribution in [3.8, 4) is 0 Å². The maximum atomic E-state index is 13.1. The number of ether oxygens (including phenoxy) is 2. The summed E-state index contributed by atoms with van der Waals surface area (Å²) < 4.78 is 12.5. The Morgan fingerprint density at radius 1 is 1.27 bits per heavy atom. The fraction of sp³-hybridized carbons (Fsp3) is 0.481. The molecule has 0 radical (unpaired) electrons. The predicted molar refractivity (Wildman–Crippen MR) is 149 cm³/mol. The van der Waals surface area contributed by atoms with Crippen molar-refractivity contribution in [1.82, 2.24) is 19.2 Å². The highest BCUT2D eigenvalue weighted by Gasteiger charge is 2.60. The second kappa shape index (κ2) is 11.4. The molecule has 2 saturated heterocycles. The Morgan fingerprint density at radius 2 is 2.00 bits per heavy atom. The van der Waals surface area contributed by atoms with E-state index >= 15 is 0 Å².